The van der Waals surface area contributed by atoms with Crippen molar-refractivity contribution in [2.24, 2.45) is 0 Å². The van der Waals surface area contributed by atoms with Gasteiger partial charge in [-0.05, 0) is 57.2 Å². The normalized spacial score (nSPS) is 13.5. The molecule has 1 aliphatic heterocycles. The highest BCUT2D eigenvalue weighted by atomic mass is 19.1. The number of carbonyl (C=O) groups excluding carboxylic acids is 1. The molecule has 38 heavy (non-hydrogen) atoms. The second-order valence-electron chi connectivity index (χ2n) is 8.81. The molecule has 1 N–H and O–H groups in total. The van der Waals surface area contributed by atoms with E-state index >= 15 is 4.39 Å². The second-order valence-corrected chi connectivity index (χ2v) is 8.81. The van der Waals surface area contributed by atoms with Gasteiger partial charge in [-0.15, -0.1) is 0 Å². The van der Waals surface area contributed by atoms with Crippen LogP contribution in [0.2, 0.25) is 0 Å². The van der Waals surface area contributed by atoms with Gasteiger partial charge in [-0.1, -0.05) is 0 Å². The van der Waals surface area contributed by atoms with Crippen LogP contribution in [-0.2, 0) is 4.74 Å². The minimum Gasteiger partial charge on any atom is -0.490 e. The highest BCUT2D eigenvalue weighted by Gasteiger charge is 2.22. The van der Waals surface area contributed by atoms with E-state index in [4.69, 9.17) is 19.2 Å². The number of nitrogens with zero attached hydrogens (tertiary/aromatic N) is 4. The van der Waals surface area contributed by atoms with E-state index in [-0.39, 0.29) is 11.5 Å². The summed E-state index contributed by atoms with van der Waals surface area (Å²) in [6.07, 6.45) is 1.72. The largest absolute Gasteiger partial charge is 0.490 e. The first-order valence-corrected chi connectivity index (χ1v) is 12.7. The van der Waals surface area contributed by atoms with Gasteiger partial charge in [0, 0.05) is 42.1 Å². The van der Waals surface area contributed by atoms with Gasteiger partial charge < -0.3 is 24.4 Å². The van der Waals surface area contributed by atoms with Gasteiger partial charge in [-0.3, -0.25) is 9.36 Å². The van der Waals surface area contributed by atoms with Gasteiger partial charge in [0.25, 0.3) is 5.91 Å². The molecular formula is C28H30FN5O4. The van der Waals surface area contributed by atoms with Gasteiger partial charge in [0.15, 0.2) is 11.5 Å². The van der Waals surface area contributed by atoms with Gasteiger partial charge >= 0.3 is 0 Å². The van der Waals surface area contributed by atoms with Crippen LogP contribution in [-0.4, -0.2) is 64.9 Å². The molecule has 198 valence electrons. The fraction of sp³-hybridized carbons (Fsp3) is 0.321. The van der Waals surface area contributed by atoms with Gasteiger partial charge in [-0.25, -0.2) is 9.37 Å². The van der Waals surface area contributed by atoms with Crippen molar-refractivity contribution in [1.29, 1.82) is 0 Å². The third-order valence-electron chi connectivity index (χ3n) is 6.26. The molecule has 2 aromatic carbocycles. The summed E-state index contributed by atoms with van der Waals surface area (Å²) in [6.45, 7) is 8.61. The van der Waals surface area contributed by atoms with Crippen molar-refractivity contribution < 1.29 is 23.4 Å². The summed E-state index contributed by atoms with van der Waals surface area (Å²) in [4.78, 5) is 23.6. The highest BCUT2D eigenvalue weighted by molar-refractivity contribution is 5.95. The van der Waals surface area contributed by atoms with E-state index in [9.17, 15) is 4.79 Å². The van der Waals surface area contributed by atoms with Gasteiger partial charge in [0.05, 0.1) is 37.7 Å². The first-order valence-electron chi connectivity index (χ1n) is 12.7. The monoisotopic (exact) mass is 519 g/mol. The molecule has 0 spiro atoms. The maximum absolute atomic E-state index is 15.2. The minimum absolute atomic E-state index is 0.0438. The molecule has 3 heterocycles. The van der Waals surface area contributed by atoms with Crippen LogP contribution in [0.1, 0.15) is 29.9 Å². The van der Waals surface area contributed by atoms with Crippen molar-refractivity contribution in [3.63, 3.8) is 0 Å². The average molecular weight is 520 g/mol. The van der Waals surface area contributed by atoms with Crippen LogP contribution in [0.15, 0.2) is 48.7 Å². The number of halogens is 1. The highest BCUT2D eigenvalue weighted by Crippen LogP contribution is 2.32. The van der Waals surface area contributed by atoms with Gasteiger partial charge in [0.2, 0.25) is 5.95 Å². The van der Waals surface area contributed by atoms with Gasteiger partial charge in [0.1, 0.15) is 11.5 Å². The third kappa shape index (κ3) is 5.12. The number of benzene rings is 2. The van der Waals surface area contributed by atoms with Gasteiger partial charge in [-0.2, -0.15) is 4.98 Å². The molecule has 9 nitrogen and oxygen atoms in total. The number of hydrogen-bond acceptors (Lipinski definition) is 7. The standard InChI is InChI=1S/C28H30FN5O4/c1-4-37-24-9-6-20(15-25(24)38-5-2)31-28-30-17-19-14-18(3)34(26(19)32-28)21-7-8-22(23(29)16-21)27(35)33-10-12-36-13-11-33/h6-9,14-17H,4-5,10-13H2,1-3H3,(H,30,31,32). The average Bonchev–Trinajstić information content (AvgIpc) is 3.25. The Morgan fingerprint density at radius 1 is 1.05 bits per heavy atom. The van der Waals surface area contributed by atoms with Crippen molar-refractivity contribution in [1.82, 2.24) is 19.4 Å². The number of morpholine rings is 1. The molecule has 4 aromatic rings. The Morgan fingerprint density at radius 2 is 1.82 bits per heavy atom. The van der Waals surface area contributed by atoms with E-state index in [0.29, 0.717) is 68.3 Å². The number of carbonyl (C=O) groups is 1. The van der Waals surface area contributed by atoms with E-state index in [1.54, 1.807) is 17.2 Å². The minimum atomic E-state index is -0.578. The predicted molar refractivity (Wildman–Crippen MR) is 142 cm³/mol. The number of aromatic nitrogens is 3. The molecule has 10 heteroatoms. The van der Waals surface area contributed by atoms with Crippen molar-refractivity contribution >= 4 is 28.6 Å². The SMILES string of the molecule is CCOc1ccc(Nc2ncc3cc(C)n(-c4ccc(C(=O)N5CCOCC5)c(F)c4)c3n2)cc1OCC. The molecule has 1 aliphatic rings. The maximum atomic E-state index is 15.2. The van der Waals surface area contributed by atoms with Crippen LogP contribution in [0, 0.1) is 12.7 Å². The Labute approximate surface area is 220 Å². The Morgan fingerprint density at radius 3 is 2.55 bits per heavy atom. The van der Waals surface area contributed by atoms with E-state index in [2.05, 4.69) is 10.3 Å². The van der Waals surface area contributed by atoms with Crippen LogP contribution < -0.4 is 14.8 Å². The smallest absolute Gasteiger partial charge is 0.256 e. The second kappa shape index (κ2) is 11.1. The number of rotatable bonds is 8. The molecule has 0 bridgehead atoms. The van der Waals surface area contributed by atoms with Crippen LogP contribution in [0.25, 0.3) is 16.7 Å². The number of ether oxygens (including phenoxy) is 3. The molecule has 0 radical (unpaired) electrons. The fourth-order valence-corrected chi connectivity index (χ4v) is 4.52. The summed E-state index contributed by atoms with van der Waals surface area (Å²) < 4.78 is 33.7. The lowest BCUT2D eigenvalue weighted by Crippen LogP contribution is -2.41. The molecule has 1 fully saturated rings. The summed E-state index contributed by atoms with van der Waals surface area (Å²) in [5, 5.41) is 4.03. The molecule has 0 aliphatic carbocycles. The zero-order valence-corrected chi connectivity index (χ0v) is 21.7. The third-order valence-corrected chi connectivity index (χ3v) is 6.26. The topological polar surface area (TPSA) is 90.7 Å². The molecule has 0 atom stereocenters. The van der Waals surface area contributed by atoms with Crippen LogP contribution in [0.5, 0.6) is 11.5 Å². The van der Waals surface area contributed by atoms with E-state index in [1.807, 2.05) is 49.6 Å². The number of anilines is 2. The van der Waals surface area contributed by atoms with Crippen LogP contribution in [0.3, 0.4) is 0 Å². The lowest BCUT2D eigenvalue weighted by atomic mass is 10.1. The van der Waals surface area contributed by atoms with E-state index in [1.165, 1.54) is 12.1 Å². The predicted octanol–water partition coefficient (Wildman–Crippen LogP) is 4.88. The summed E-state index contributed by atoms with van der Waals surface area (Å²) in [6, 6.07) is 12.1. The Hall–Kier alpha value is -4.18. The van der Waals surface area contributed by atoms with Crippen molar-refractivity contribution in [3.05, 3.63) is 65.7 Å². The maximum Gasteiger partial charge on any atom is 0.256 e. The number of aryl methyl sites for hydroxylation is 1. The quantitative estimate of drug-likeness (QED) is 0.355. The number of amides is 1. The molecule has 2 aromatic heterocycles. The lowest BCUT2D eigenvalue weighted by molar-refractivity contribution is 0.0300. The zero-order valence-electron chi connectivity index (χ0n) is 21.7. The lowest BCUT2D eigenvalue weighted by Gasteiger charge is -2.27. The Kier molecular flexibility index (Phi) is 7.41. The number of fused-ring (bicyclic) bond motifs is 1. The summed E-state index contributed by atoms with van der Waals surface area (Å²) in [7, 11) is 0. The zero-order chi connectivity index (χ0) is 26.6. The molecule has 5 rings (SSSR count). The molecular weight excluding hydrogens is 489 g/mol. The summed E-state index contributed by atoms with van der Waals surface area (Å²) in [5.41, 5.74) is 2.82. The van der Waals surface area contributed by atoms with Crippen molar-refractivity contribution in [2.75, 3.05) is 44.8 Å². The summed E-state index contributed by atoms with van der Waals surface area (Å²) in [5.74, 6) is 0.760. The van der Waals surface area contributed by atoms with Crippen molar-refractivity contribution in [3.8, 4) is 17.2 Å². The first kappa shape index (κ1) is 25.5. The molecule has 1 amide bonds. The first-order chi connectivity index (χ1) is 18.5. The Balaban J connectivity index is 1.45. The van der Waals surface area contributed by atoms with Crippen LogP contribution in [0.4, 0.5) is 16.0 Å². The number of nitrogens with one attached hydrogen (secondary N) is 1. The summed E-state index contributed by atoms with van der Waals surface area (Å²) >= 11 is 0. The molecule has 0 unspecified atom stereocenters. The van der Waals surface area contributed by atoms with E-state index < -0.39 is 5.82 Å². The van der Waals surface area contributed by atoms with E-state index in [0.717, 1.165) is 16.8 Å². The van der Waals surface area contributed by atoms with Crippen molar-refractivity contribution in [2.45, 2.75) is 20.8 Å². The molecule has 1 saturated heterocycles. The molecule has 0 saturated carbocycles. The fourth-order valence-electron chi connectivity index (χ4n) is 4.52. The van der Waals surface area contributed by atoms with Crippen LogP contribution >= 0.6 is 0 Å². The number of hydrogen-bond donors (Lipinski definition) is 1. The Bertz CT molecular complexity index is 1470.